The number of methoxy groups -OCH3 is 1. The van der Waals surface area contributed by atoms with Gasteiger partial charge < -0.3 is 10.1 Å². The van der Waals surface area contributed by atoms with Gasteiger partial charge in [0.15, 0.2) is 0 Å². The summed E-state index contributed by atoms with van der Waals surface area (Å²) >= 11 is 6.10. The molecule has 0 aliphatic carbocycles. The van der Waals surface area contributed by atoms with Crippen LogP contribution in [0.3, 0.4) is 0 Å². The molecule has 0 radical (unpaired) electrons. The molecule has 26 heavy (non-hydrogen) atoms. The van der Waals surface area contributed by atoms with Crippen molar-refractivity contribution in [3.05, 3.63) is 58.6 Å². The van der Waals surface area contributed by atoms with Crippen molar-refractivity contribution in [2.75, 3.05) is 25.2 Å². The molecule has 0 saturated heterocycles. The predicted molar refractivity (Wildman–Crippen MR) is 103 cm³/mol. The van der Waals surface area contributed by atoms with Crippen molar-refractivity contribution >= 4 is 33.2 Å². The summed E-state index contributed by atoms with van der Waals surface area (Å²) in [6, 6.07) is 12.3. The van der Waals surface area contributed by atoms with Crippen LogP contribution in [-0.2, 0) is 21.4 Å². The zero-order chi connectivity index (χ0) is 19.3. The normalized spacial score (nSPS) is 11.4. The first-order valence-electron chi connectivity index (χ1n) is 7.83. The van der Waals surface area contributed by atoms with E-state index in [9.17, 15) is 13.2 Å². The number of ether oxygens (including phenoxy) is 1. The minimum atomic E-state index is -3.61. The molecule has 0 spiro atoms. The van der Waals surface area contributed by atoms with E-state index in [4.69, 9.17) is 16.3 Å². The first-order valence-corrected chi connectivity index (χ1v) is 10.1. The minimum absolute atomic E-state index is 0.0108. The molecular weight excluding hydrogens is 376 g/mol. The molecule has 0 aliphatic rings. The van der Waals surface area contributed by atoms with Crippen molar-refractivity contribution in [2.45, 2.75) is 13.5 Å². The molecule has 1 amide bonds. The number of carbonyl (C=O) groups excluding carboxylic acids is 1. The van der Waals surface area contributed by atoms with Gasteiger partial charge in [0, 0.05) is 11.6 Å². The van der Waals surface area contributed by atoms with E-state index < -0.39 is 15.9 Å². The maximum absolute atomic E-state index is 12.4. The molecule has 0 fully saturated rings. The van der Waals surface area contributed by atoms with Gasteiger partial charge in [-0.3, -0.25) is 4.79 Å². The van der Waals surface area contributed by atoms with E-state index in [1.165, 1.54) is 7.11 Å². The zero-order valence-corrected chi connectivity index (χ0v) is 16.4. The van der Waals surface area contributed by atoms with Crippen LogP contribution >= 0.6 is 11.6 Å². The van der Waals surface area contributed by atoms with Gasteiger partial charge in [-0.15, -0.1) is 0 Å². The van der Waals surface area contributed by atoms with Crippen LogP contribution in [-0.4, -0.2) is 38.5 Å². The summed E-state index contributed by atoms with van der Waals surface area (Å²) in [4.78, 5) is 12.4. The number of carbonyl (C=O) groups is 1. The molecule has 2 aromatic carbocycles. The first-order chi connectivity index (χ1) is 12.2. The lowest BCUT2D eigenvalue weighted by Gasteiger charge is -2.20. The monoisotopic (exact) mass is 396 g/mol. The van der Waals surface area contributed by atoms with Crippen LogP contribution in [0.25, 0.3) is 0 Å². The molecule has 1 N–H and O–H groups in total. The summed E-state index contributed by atoms with van der Waals surface area (Å²) < 4.78 is 30.5. The summed E-state index contributed by atoms with van der Waals surface area (Å²) in [6.07, 6.45) is 1.06. The topological polar surface area (TPSA) is 75.7 Å². The van der Waals surface area contributed by atoms with Crippen LogP contribution in [0, 0.1) is 6.92 Å². The SMILES string of the molecule is COc1ccc(C)cc1NC(=O)CN(Cc1ccccc1Cl)S(C)(=O)=O. The maximum atomic E-state index is 12.4. The molecule has 2 aromatic rings. The standard InChI is InChI=1S/C18H21ClN2O4S/c1-13-8-9-17(25-2)16(10-13)20-18(22)12-21(26(3,23)24)11-14-6-4-5-7-15(14)19/h4-10H,11-12H2,1-3H3,(H,20,22). The zero-order valence-electron chi connectivity index (χ0n) is 14.8. The average Bonchev–Trinajstić information content (AvgIpc) is 2.55. The lowest BCUT2D eigenvalue weighted by atomic mass is 10.2. The lowest BCUT2D eigenvalue weighted by molar-refractivity contribution is -0.116. The number of aryl methyl sites for hydroxylation is 1. The fourth-order valence-corrected chi connectivity index (χ4v) is 3.30. The van der Waals surface area contributed by atoms with Crippen LogP contribution in [0.5, 0.6) is 5.75 Å². The van der Waals surface area contributed by atoms with Gasteiger partial charge in [0.25, 0.3) is 0 Å². The highest BCUT2D eigenvalue weighted by Crippen LogP contribution is 2.25. The smallest absolute Gasteiger partial charge is 0.239 e. The number of halogens is 1. The lowest BCUT2D eigenvalue weighted by Crippen LogP contribution is -2.37. The van der Waals surface area contributed by atoms with Crippen molar-refractivity contribution in [3.63, 3.8) is 0 Å². The van der Waals surface area contributed by atoms with E-state index in [1.807, 2.05) is 13.0 Å². The third-order valence-electron chi connectivity index (χ3n) is 3.72. The second-order valence-corrected chi connectivity index (χ2v) is 8.26. The number of nitrogens with zero attached hydrogens (tertiary/aromatic N) is 1. The highest BCUT2D eigenvalue weighted by Gasteiger charge is 2.22. The molecule has 0 aromatic heterocycles. The quantitative estimate of drug-likeness (QED) is 0.780. The Morgan fingerprint density at radius 1 is 1.23 bits per heavy atom. The van der Waals surface area contributed by atoms with Crippen molar-refractivity contribution in [3.8, 4) is 5.75 Å². The fourth-order valence-electron chi connectivity index (χ4n) is 2.38. The summed E-state index contributed by atoms with van der Waals surface area (Å²) in [6.45, 7) is 1.56. The summed E-state index contributed by atoms with van der Waals surface area (Å²) in [5.74, 6) is 0.0346. The number of nitrogens with one attached hydrogen (secondary N) is 1. The summed E-state index contributed by atoms with van der Waals surface area (Å²) in [7, 11) is -2.11. The third kappa shape index (κ3) is 5.45. The predicted octanol–water partition coefficient (Wildman–Crippen LogP) is 3.06. The second-order valence-electron chi connectivity index (χ2n) is 5.87. The number of amides is 1. The minimum Gasteiger partial charge on any atom is -0.495 e. The highest BCUT2D eigenvalue weighted by molar-refractivity contribution is 7.88. The number of rotatable bonds is 7. The Morgan fingerprint density at radius 3 is 2.54 bits per heavy atom. The van der Waals surface area contributed by atoms with E-state index in [0.29, 0.717) is 22.0 Å². The number of hydrogen-bond donors (Lipinski definition) is 1. The summed E-state index contributed by atoms with van der Waals surface area (Å²) in [5, 5.41) is 3.15. The van der Waals surface area contributed by atoms with Crippen LogP contribution in [0.2, 0.25) is 5.02 Å². The molecule has 0 atom stereocenters. The Bertz CT molecular complexity index is 900. The van der Waals surface area contributed by atoms with Gasteiger partial charge in [-0.2, -0.15) is 4.31 Å². The van der Waals surface area contributed by atoms with Crippen LogP contribution in [0.15, 0.2) is 42.5 Å². The molecule has 8 heteroatoms. The Labute approximate surface area is 158 Å². The highest BCUT2D eigenvalue weighted by atomic mass is 35.5. The number of hydrogen-bond acceptors (Lipinski definition) is 4. The molecule has 0 heterocycles. The van der Waals surface area contributed by atoms with Crippen molar-refractivity contribution < 1.29 is 17.9 Å². The van der Waals surface area contributed by atoms with Gasteiger partial charge in [-0.05, 0) is 36.2 Å². The van der Waals surface area contributed by atoms with Crippen molar-refractivity contribution in [1.82, 2.24) is 4.31 Å². The van der Waals surface area contributed by atoms with E-state index in [-0.39, 0.29) is 13.1 Å². The second kappa shape index (κ2) is 8.53. The molecule has 0 aliphatic heterocycles. The largest absolute Gasteiger partial charge is 0.495 e. The number of anilines is 1. The van der Waals surface area contributed by atoms with Gasteiger partial charge in [-0.25, -0.2) is 8.42 Å². The number of benzene rings is 2. The van der Waals surface area contributed by atoms with Gasteiger partial charge in [-0.1, -0.05) is 35.9 Å². The molecule has 0 saturated carbocycles. The van der Waals surface area contributed by atoms with Gasteiger partial charge in [0.2, 0.25) is 15.9 Å². The molecular formula is C18H21ClN2O4S. The van der Waals surface area contributed by atoms with Crippen LogP contribution < -0.4 is 10.1 Å². The Balaban J connectivity index is 2.17. The number of sulfonamides is 1. The molecule has 2 rings (SSSR count). The molecule has 0 unspecified atom stereocenters. The van der Waals surface area contributed by atoms with E-state index >= 15 is 0 Å². The van der Waals surface area contributed by atoms with Gasteiger partial charge >= 0.3 is 0 Å². The Kier molecular flexibility index (Phi) is 6.63. The van der Waals surface area contributed by atoms with E-state index in [1.54, 1.807) is 36.4 Å². The van der Waals surface area contributed by atoms with E-state index in [0.717, 1.165) is 16.1 Å². The molecule has 140 valence electrons. The van der Waals surface area contributed by atoms with Crippen LogP contribution in [0.4, 0.5) is 5.69 Å². The maximum Gasteiger partial charge on any atom is 0.239 e. The first kappa shape index (κ1) is 20.2. The molecule has 0 bridgehead atoms. The Morgan fingerprint density at radius 2 is 1.92 bits per heavy atom. The third-order valence-corrected chi connectivity index (χ3v) is 5.29. The molecule has 6 nitrogen and oxygen atoms in total. The van der Waals surface area contributed by atoms with Gasteiger partial charge in [0.05, 0.1) is 25.6 Å². The summed E-state index contributed by atoms with van der Waals surface area (Å²) in [5.41, 5.74) is 2.06. The van der Waals surface area contributed by atoms with Crippen molar-refractivity contribution in [1.29, 1.82) is 0 Å². The van der Waals surface area contributed by atoms with E-state index in [2.05, 4.69) is 5.32 Å². The van der Waals surface area contributed by atoms with Crippen LogP contribution in [0.1, 0.15) is 11.1 Å². The fraction of sp³-hybridized carbons (Fsp3) is 0.278. The Hall–Kier alpha value is -2.09. The van der Waals surface area contributed by atoms with Crippen molar-refractivity contribution in [2.24, 2.45) is 0 Å². The average molecular weight is 397 g/mol. The van der Waals surface area contributed by atoms with Gasteiger partial charge in [0.1, 0.15) is 5.75 Å².